The van der Waals surface area contributed by atoms with Gasteiger partial charge in [-0.3, -0.25) is 0 Å². The van der Waals surface area contributed by atoms with Crippen LogP contribution in [-0.2, 0) is 0 Å². The van der Waals surface area contributed by atoms with E-state index in [1.165, 1.54) is 38.6 Å². The molecule has 0 N–H and O–H groups in total. The Morgan fingerprint density at radius 1 is 0.438 bits per heavy atom. The summed E-state index contributed by atoms with van der Waals surface area (Å²) < 4.78 is 6.45. The summed E-state index contributed by atoms with van der Waals surface area (Å²) in [7, 11) is 0. The van der Waals surface area contributed by atoms with Crippen molar-refractivity contribution < 1.29 is 4.74 Å². The van der Waals surface area contributed by atoms with E-state index in [0.29, 0.717) is 0 Å². The Balaban J connectivity index is 1.19. The normalized spacial score (nSPS) is 15.9. The molecule has 0 saturated heterocycles. The molecule has 228 valence electrons. The van der Waals surface area contributed by atoms with Crippen LogP contribution < -0.4 is 9.64 Å². The number of allylic oxidation sites excluding steroid dienone is 2. The first-order valence-electron chi connectivity index (χ1n) is 16.6. The summed E-state index contributed by atoms with van der Waals surface area (Å²) >= 11 is 0. The average molecular weight is 616 g/mol. The van der Waals surface area contributed by atoms with Crippen molar-refractivity contribution in [3.8, 4) is 39.1 Å². The Labute approximate surface area is 281 Å². The van der Waals surface area contributed by atoms with E-state index in [9.17, 15) is 0 Å². The van der Waals surface area contributed by atoms with Gasteiger partial charge in [-0.25, -0.2) is 0 Å². The van der Waals surface area contributed by atoms with E-state index in [4.69, 9.17) is 4.74 Å². The molecule has 0 bridgehead atoms. The van der Waals surface area contributed by atoms with Crippen molar-refractivity contribution in [3.63, 3.8) is 0 Å². The average Bonchev–Trinajstić information content (AvgIpc) is 3.54. The maximum absolute atomic E-state index is 6.45. The molecule has 7 aromatic rings. The fraction of sp³-hybridized carbons (Fsp3) is 0.0435. The number of anilines is 3. The van der Waals surface area contributed by atoms with Crippen LogP contribution in [0.1, 0.15) is 11.5 Å². The van der Waals surface area contributed by atoms with Crippen LogP contribution in [0.15, 0.2) is 188 Å². The molecule has 2 nitrogen and oxygen atoms in total. The van der Waals surface area contributed by atoms with Gasteiger partial charge in [0.15, 0.2) is 0 Å². The molecule has 0 amide bonds. The SMILES string of the molecule is C1=CC2Oc3cc(-c4ccccc4N(c4ccc(-c5ccc6ccccc6c5)cc4)c4ccccc4-c4ccccc4)ccc3C2C=C1. The number of nitrogens with zero attached hydrogens (tertiary/aromatic N) is 1. The molecule has 2 aliphatic rings. The molecular weight excluding hydrogens is 583 g/mol. The van der Waals surface area contributed by atoms with Gasteiger partial charge in [-0.2, -0.15) is 0 Å². The van der Waals surface area contributed by atoms with Gasteiger partial charge in [0, 0.05) is 28.3 Å². The van der Waals surface area contributed by atoms with Gasteiger partial charge in [0.2, 0.25) is 0 Å². The molecule has 0 saturated carbocycles. The molecule has 1 aliphatic carbocycles. The highest BCUT2D eigenvalue weighted by Crippen LogP contribution is 2.47. The van der Waals surface area contributed by atoms with Gasteiger partial charge in [0.1, 0.15) is 11.9 Å². The van der Waals surface area contributed by atoms with Crippen LogP contribution >= 0.6 is 0 Å². The summed E-state index contributed by atoms with van der Waals surface area (Å²) in [6, 6.07) is 59.0. The second-order valence-corrected chi connectivity index (χ2v) is 12.5. The quantitative estimate of drug-likeness (QED) is 0.185. The third-order valence-corrected chi connectivity index (χ3v) is 9.61. The molecule has 0 aromatic heterocycles. The van der Waals surface area contributed by atoms with Crippen LogP contribution in [0.2, 0.25) is 0 Å². The zero-order chi connectivity index (χ0) is 31.9. The first kappa shape index (κ1) is 28.1. The van der Waals surface area contributed by atoms with E-state index in [-0.39, 0.29) is 12.0 Å². The van der Waals surface area contributed by atoms with E-state index >= 15 is 0 Å². The molecule has 0 spiro atoms. The zero-order valence-electron chi connectivity index (χ0n) is 26.4. The summed E-state index contributed by atoms with van der Waals surface area (Å²) in [4.78, 5) is 2.40. The van der Waals surface area contributed by atoms with Crippen LogP contribution in [0.25, 0.3) is 44.2 Å². The van der Waals surface area contributed by atoms with E-state index < -0.39 is 0 Å². The third kappa shape index (κ3) is 4.99. The molecular formula is C46H33NO. The van der Waals surface area contributed by atoms with Crippen LogP contribution in [0.4, 0.5) is 17.1 Å². The molecule has 7 aromatic carbocycles. The lowest BCUT2D eigenvalue weighted by atomic mass is 9.90. The predicted octanol–water partition coefficient (Wildman–Crippen LogP) is 12.3. The maximum Gasteiger partial charge on any atom is 0.128 e. The van der Waals surface area contributed by atoms with E-state index in [1.54, 1.807) is 0 Å². The molecule has 2 heteroatoms. The standard InChI is InChI=1S/C46H33NO/c1-2-13-34(14-3-1)39-16-6-9-19-43(39)47(38-27-24-33(25-28-38)36-23-22-32-12-4-5-15-35(32)30-36)44-20-10-7-17-40(44)37-26-29-42-41-18-8-11-21-45(41)48-46(42)31-37/h1-31,41,45H. The molecule has 0 fully saturated rings. The van der Waals surface area contributed by atoms with Gasteiger partial charge >= 0.3 is 0 Å². The van der Waals surface area contributed by atoms with Gasteiger partial charge in [-0.15, -0.1) is 0 Å². The Bertz CT molecular complexity index is 2330. The minimum atomic E-state index is 0.0610. The first-order valence-corrected chi connectivity index (χ1v) is 16.6. The van der Waals surface area contributed by atoms with Crippen molar-refractivity contribution in [3.05, 3.63) is 194 Å². The molecule has 48 heavy (non-hydrogen) atoms. The highest BCUT2D eigenvalue weighted by Gasteiger charge is 2.32. The summed E-state index contributed by atoms with van der Waals surface area (Å²) in [6.45, 7) is 0. The largest absolute Gasteiger partial charge is 0.485 e. The van der Waals surface area contributed by atoms with Crippen molar-refractivity contribution in [2.75, 3.05) is 4.90 Å². The van der Waals surface area contributed by atoms with Gasteiger partial charge in [0.25, 0.3) is 0 Å². The molecule has 9 rings (SSSR count). The number of benzene rings is 7. The van der Waals surface area contributed by atoms with Crippen molar-refractivity contribution in [1.29, 1.82) is 0 Å². The second-order valence-electron chi connectivity index (χ2n) is 12.5. The lowest BCUT2D eigenvalue weighted by Gasteiger charge is -2.30. The molecule has 2 unspecified atom stereocenters. The number of fused-ring (bicyclic) bond motifs is 4. The molecule has 1 aliphatic heterocycles. The van der Waals surface area contributed by atoms with Gasteiger partial charge < -0.3 is 9.64 Å². The Morgan fingerprint density at radius 2 is 1.06 bits per heavy atom. The van der Waals surface area contributed by atoms with Crippen molar-refractivity contribution in [2.24, 2.45) is 0 Å². The number of para-hydroxylation sites is 2. The first-order chi connectivity index (χ1) is 23.8. The fourth-order valence-electron chi connectivity index (χ4n) is 7.23. The van der Waals surface area contributed by atoms with E-state index in [2.05, 4.69) is 193 Å². The summed E-state index contributed by atoms with van der Waals surface area (Å²) in [6.07, 6.45) is 8.66. The lowest BCUT2D eigenvalue weighted by molar-refractivity contribution is 0.269. The number of hydrogen-bond donors (Lipinski definition) is 0. The summed E-state index contributed by atoms with van der Waals surface area (Å²) in [5.41, 5.74) is 11.6. The fourth-order valence-corrected chi connectivity index (χ4v) is 7.23. The van der Waals surface area contributed by atoms with Crippen LogP contribution in [-0.4, -0.2) is 6.10 Å². The number of hydrogen-bond acceptors (Lipinski definition) is 2. The number of rotatable bonds is 6. The Hall–Kier alpha value is -6.12. The zero-order valence-corrected chi connectivity index (χ0v) is 26.4. The lowest BCUT2D eigenvalue weighted by Crippen LogP contribution is -2.15. The van der Waals surface area contributed by atoms with Crippen LogP contribution in [0, 0.1) is 0 Å². The van der Waals surface area contributed by atoms with E-state index in [0.717, 1.165) is 33.9 Å². The molecule has 2 atom stereocenters. The van der Waals surface area contributed by atoms with E-state index in [1.807, 2.05) is 0 Å². The topological polar surface area (TPSA) is 12.5 Å². The highest BCUT2D eigenvalue weighted by atomic mass is 16.5. The van der Waals surface area contributed by atoms with Crippen molar-refractivity contribution in [2.45, 2.75) is 12.0 Å². The maximum atomic E-state index is 6.45. The highest BCUT2D eigenvalue weighted by molar-refractivity contribution is 5.94. The van der Waals surface area contributed by atoms with Crippen LogP contribution in [0.5, 0.6) is 5.75 Å². The number of ether oxygens (including phenoxy) is 1. The van der Waals surface area contributed by atoms with Gasteiger partial charge in [-0.05, 0) is 75.5 Å². The predicted molar refractivity (Wildman–Crippen MR) is 200 cm³/mol. The van der Waals surface area contributed by atoms with Crippen molar-refractivity contribution in [1.82, 2.24) is 0 Å². The summed E-state index contributed by atoms with van der Waals surface area (Å²) in [5, 5.41) is 2.50. The third-order valence-electron chi connectivity index (χ3n) is 9.61. The van der Waals surface area contributed by atoms with Crippen molar-refractivity contribution >= 4 is 27.8 Å². The monoisotopic (exact) mass is 615 g/mol. The minimum Gasteiger partial charge on any atom is -0.485 e. The Kier molecular flexibility index (Phi) is 6.98. The molecule has 1 heterocycles. The van der Waals surface area contributed by atoms with Crippen LogP contribution in [0.3, 0.4) is 0 Å². The summed E-state index contributed by atoms with van der Waals surface area (Å²) in [5.74, 6) is 1.23. The smallest absolute Gasteiger partial charge is 0.128 e. The Morgan fingerprint density at radius 3 is 1.85 bits per heavy atom. The molecule has 0 radical (unpaired) electrons. The van der Waals surface area contributed by atoms with Gasteiger partial charge in [0.05, 0.1) is 11.4 Å². The van der Waals surface area contributed by atoms with Gasteiger partial charge in [-0.1, -0.05) is 146 Å². The minimum absolute atomic E-state index is 0.0610. The second kappa shape index (κ2) is 11.9.